The molecule has 266 valence electrons. The summed E-state index contributed by atoms with van der Waals surface area (Å²) in [6, 6.07) is 63.7. The fourth-order valence-electron chi connectivity index (χ4n) is 8.56. The lowest BCUT2D eigenvalue weighted by Gasteiger charge is -2.10. The largest absolute Gasteiger partial charge is 0.456 e. The van der Waals surface area contributed by atoms with Crippen LogP contribution in [0.1, 0.15) is 0 Å². The van der Waals surface area contributed by atoms with Crippen molar-refractivity contribution in [2.24, 2.45) is 0 Å². The van der Waals surface area contributed by atoms with E-state index in [1.807, 2.05) is 30.3 Å². The molecule has 8 aromatic carbocycles. The summed E-state index contributed by atoms with van der Waals surface area (Å²) < 4.78 is 11.3. The molecule has 6 heteroatoms. The molecule has 0 spiro atoms. The van der Waals surface area contributed by atoms with Crippen LogP contribution in [0.3, 0.4) is 0 Å². The fraction of sp³-hybridized carbons (Fsp3) is 0. The van der Waals surface area contributed by atoms with Gasteiger partial charge in [-0.3, -0.25) is 0 Å². The minimum atomic E-state index is 0.595. The third-order valence-corrected chi connectivity index (χ3v) is 12.3. The van der Waals surface area contributed by atoms with E-state index in [4.69, 9.17) is 19.4 Å². The molecule has 4 heterocycles. The number of hydrogen-bond acceptors (Lipinski definition) is 5. The average molecular weight is 747 g/mol. The first-order chi connectivity index (χ1) is 28.3. The number of para-hydroxylation sites is 2. The van der Waals surface area contributed by atoms with E-state index in [0.29, 0.717) is 17.5 Å². The van der Waals surface area contributed by atoms with Crippen molar-refractivity contribution in [3.8, 4) is 51.0 Å². The van der Waals surface area contributed by atoms with Crippen LogP contribution in [-0.2, 0) is 0 Å². The van der Waals surface area contributed by atoms with Gasteiger partial charge in [0.2, 0.25) is 0 Å². The second-order valence-electron chi connectivity index (χ2n) is 14.3. The molecule has 0 aliphatic carbocycles. The van der Waals surface area contributed by atoms with Gasteiger partial charge in [0, 0.05) is 64.1 Å². The molecule has 0 bridgehead atoms. The molecule has 0 radical (unpaired) electrons. The van der Waals surface area contributed by atoms with Gasteiger partial charge in [0.1, 0.15) is 11.2 Å². The first-order valence-corrected chi connectivity index (χ1v) is 19.8. The number of furan rings is 1. The Morgan fingerprint density at radius 1 is 0.404 bits per heavy atom. The zero-order chi connectivity index (χ0) is 37.5. The third-order valence-electron chi connectivity index (χ3n) is 11.1. The summed E-state index contributed by atoms with van der Waals surface area (Å²) in [5.41, 5.74) is 10.2. The first kappa shape index (κ1) is 31.9. The van der Waals surface area contributed by atoms with Crippen LogP contribution in [0.25, 0.3) is 115 Å². The highest BCUT2D eigenvalue weighted by Crippen LogP contribution is 2.44. The Kier molecular flexibility index (Phi) is 7.03. The van der Waals surface area contributed by atoms with Crippen molar-refractivity contribution in [2.75, 3.05) is 0 Å². The number of aromatic nitrogens is 4. The number of fused-ring (bicyclic) bond motifs is 9. The highest BCUT2D eigenvalue weighted by Gasteiger charge is 2.21. The van der Waals surface area contributed by atoms with Crippen LogP contribution < -0.4 is 0 Å². The van der Waals surface area contributed by atoms with Crippen LogP contribution >= 0.6 is 11.3 Å². The van der Waals surface area contributed by atoms with Gasteiger partial charge in [0.15, 0.2) is 17.5 Å². The number of rotatable bonds is 5. The van der Waals surface area contributed by atoms with E-state index in [9.17, 15) is 0 Å². The lowest BCUT2D eigenvalue weighted by atomic mass is 9.99. The third kappa shape index (κ3) is 4.98. The van der Waals surface area contributed by atoms with Crippen molar-refractivity contribution in [2.45, 2.75) is 0 Å². The van der Waals surface area contributed by atoms with Gasteiger partial charge in [-0.15, -0.1) is 11.3 Å². The Morgan fingerprint density at radius 2 is 1.00 bits per heavy atom. The molecule has 0 aliphatic rings. The van der Waals surface area contributed by atoms with Crippen molar-refractivity contribution < 1.29 is 4.42 Å². The summed E-state index contributed by atoms with van der Waals surface area (Å²) >= 11 is 1.78. The summed E-state index contributed by atoms with van der Waals surface area (Å²) in [5.74, 6) is 1.85. The Labute approximate surface area is 330 Å². The Hall–Kier alpha value is -7.41. The summed E-state index contributed by atoms with van der Waals surface area (Å²) in [6.45, 7) is 0. The van der Waals surface area contributed by atoms with E-state index in [-0.39, 0.29) is 0 Å². The quantitative estimate of drug-likeness (QED) is 0.176. The monoisotopic (exact) mass is 746 g/mol. The molecule has 0 aliphatic heterocycles. The topological polar surface area (TPSA) is 56.7 Å². The van der Waals surface area contributed by atoms with Crippen molar-refractivity contribution in [1.29, 1.82) is 0 Å². The van der Waals surface area contributed by atoms with Crippen molar-refractivity contribution in [3.63, 3.8) is 0 Å². The first-order valence-electron chi connectivity index (χ1n) is 19.0. The van der Waals surface area contributed by atoms with Crippen molar-refractivity contribution >= 4 is 75.3 Å². The van der Waals surface area contributed by atoms with Gasteiger partial charge in [-0.2, -0.15) is 0 Å². The van der Waals surface area contributed by atoms with Crippen LogP contribution in [0.15, 0.2) is 186 Å². The minimum Gasteiger partial charge on any atom is -0.456 e. The highest BCUT2D eigenvalue weighted by molar-refractivity contribution is 7.26. The molecule has 0 saturated heterocycles. The maximum Gasteiger partial charge on any atom is 0.165 e. The van der Waals surface area contributed by atoms with Gasteiger partial charge in [0.05, 0.1) is 11.0 Å². The highest BCUT2D eigenvalue weighted by atomic mass is 32.1. The zero-order valence-electron chi connectivity index (χ0n) is 30.4. The predicted molar refractivity (Wildman–Crippen MR) is 236 cm³/mol. The SMILES string of the molecule is c1ccc(-c2nc(-c3cccc4c3sc3cccc(-c5ccccc5)c34)nc(-c3cccc4oc5ccc(-n6c7ccccc7c7ccccc76)cc5c34)n2)cc1. The summed E-state index contributed by atoms with van der Waals surface area (Å²) in [6.07, 6.45) is 0. The molecular formula is C51H30N4OS. The van der Waals surface area contributed by atoms with Crippen molar-refractivity contribution in [3.05, 3.63) is 182 Å². The number of nitrogens with zero attached hydrogens (tertiary/aromatic N) is 4. The number of thiophene rings is 1. The molecule has 12 aromatic rings. The molecule has 0 saturated carbocycles. The molecule has 0 unspecified atom stereocenters. The second-order valence-corrected chi connectivity index (χ2v) is 15.4. The van der Waals surface area contributed by atoms with Crippen LogP contribution in [0, 0.1) is 0 Å². The van der Waals surface area contributed by atoms with E-state index in [0.717, 1.165) is 60.0 Å². The van der Waals surface area contributed by atoms with Crippen LogP contribution in [0.5, 0.6) is 0 Å². The smallest absolute Gasteiger partial charge is 0.165 e. The molecule has 5 nitrogen and oxygen atoms in total. The van der Waals surface area contributed by atoms with Gasteiger partial charge in [-0.1, -0.05) is 133 Å². The number of hydrogen-bond donors (Lipinski definition) is 0. The van der Waals surface area contributed by atoms with E-state index in [2.05, 4.69) is 156 Å². The van der Waals surface area contributed by atoms with Crippen LogP contribution in [0.4, 0.5) is 0 Å². The van der Waals surface area contributed by atoms with E-state index in [1.165, 1.54) is 37.4 Å². The van der Waals surface area contributed by atoms with Crippen LogP contribution in [-0.4, -0.2) is 19.5 Å². The molecule has 12 rings (SSSR count). The zero-order valence-corrected chi connectivity index (χ0v) is 31.2. The maximum atomic E-state index is 6.55. The lowest BCUT2D eigenvalue weighted by molar-refractivity contribution is 0.669. The molecule has 0 fully saturated rings. The minimum absolute atomic E-state index is 0.595. The van der Waals surface area contributed by atoms with Gasteiger partial charge >= 0.3 is 0 Å². The normalized spacial score (nSPS) is 11.9. The van der Waals surface area contributed by atoms with Crippen molar-refractivity contribution in [1.82, 2.24) is 19.5 Å². The Bertz CT molecular complexity index is 3470. The molecular weight excluding hydrogens is 717 g/mol. The molecule has 57 heavy (non-hydrogen) atoms. The standard InChI is InChI=1S/C51H30N4OS/c1-3-14-31(15-4-1)34-20-13-27-45-47(34)37-21-11-23-39(48(37)57-45)51-53-49(32-16-5-2-6-17-32)52-50(54-51)38-22-12-26-44-46(38)40-30-33(28-29-43(40)56-44)55-41-24-9-7-18-35(41)36-19-8-10-25-42(36)55/h1-30H. The number of benzene rings is 8. The molecule has 0 amide bonds. The summed E-state index contributed by atoms with van der Waals surface area (Å²) in [4.78, 5) is 15.7. The van der Waals surface area contributed by atoms with Gasteiger partial charge in [0.25, 0.3) is 0 Å². The summed E-state index contributed by atoms with van der Waals surface area (Å²) in [7, 11) is 0. The molecule has 0 N–H and O–H groups in total. The van der Waals surface area contributed by atoms with Gasteiger partial charge < -0.3 is 8.98 Å². The molecule has 4 aromatic heterocycles. The summed E-state index contributed by atoms with van der Waals surface area (Å²) in [5, 5.41) is 6.86. The van der Waals surface area contributed by atoms with Gasteiger partial charge in [-0.05, 0) is 59.7 Å². The Morgan fingerprint density at radius 3 is 1.77 bits per heavy atom. The van der Waals surface area contributed by atoms with Crippen LogP contribution in [0.2, 0.25) is 0 Å². The maximum absolute atomic E-state index is 6.55. The molecule has 0 atom stereocenters. The van der Waals surface area contributed by atoms with E-state index in [1.54, 1.807) is 11.3 Å². The lowest BCUT2D eigenvalue weighted by Crippen LogP contribution is -2.00. The van der Waals surface area contributed by atoms with Gasteiger partial charge in [-0.25, -0.2) is 15.0 Å². The average Bonchev–Trinajstić information content (AvgIpc) is 3.96. The predicted octanol–water partition coefficient (Wildman–Crippen LogP) is 13.9. The van der Waals surface area contributed by atoms with E-state index < -0.39 is 0 Å². The van der Waals surface area contributed by atoms with E-state index >= 15 is 0 Å². The second kappa shape index (κ2) is 12.6. The Balaban J connectivity index is 1.10. The fourth-order valence-corrected chi connectivity index (χ4v) is 9.79.